The van der Waals surface area contributed by atoms with Crippen molar-refractivity contribution in [3.8, 4) is 5.75 Å². The van der Waals surface area contributed by atoms with Gasteiger partial charge in [0.2, 0.25) is 0 Å². The Morgan fingerprint density at radius 2 is 1.80 bits per heavy atom. The van der Waals surface area contributed by atoms with Crippen molar-refractivity contribution in [1.82, 2.24) is 0 Å². The van der Waals surface area contributed by atoms with E-state index in [0.717, 1.165) is 18.8 Å². The Labute approximate surface area is 119 Å². The van der Waals surface area contributed by atoms with Crippen LogP contribution in [0, 0.1) is 0 Å². The first-order valence-electron chi connectivity index (χ1n) is 6.90. The number of ether oxygens (including phenoxy) is 1. The highest BCUT2D eigenvalue weighted by Gasteiger charge is 2.19. The van der Waals surface area contributed by atoms with Gasteiger partial charge < -0.3 is 4.74 Å². The highest BCUT2D eigenvalue weighted by molar-refractivity contribution is 5.78. The molecule has 0 radical (unpaired) electrons. The van der Waals surface area contributed by atoms with E-state index in [1.807, 2.05) is 48.7 Å². The molecule has 20 heavy (non-hydrogen) atoms. The van der Waals surface area contributed by atoms with E-state index in [1.54, 1.807) is 0 Å². The summed E-state index contributed by atoms with van der Waals surface area (Å²) in [5.41, 5.74) is 2.37. The van der Waals surface area contributed by atoms with Gasteiger partial charge in [-0.25, -0.2) is 0 Å². The minimum Gasteiger partial charge on any atom is -0.493 e. The standard InChI is InChI=1S/C18H17NO/c1-2-7-15(8-3-1)9-6-13-19-17-12-14-20-18-11-5-4-10-16(17)18/h1-11,13,17H,12,14H2. The number of hydrogen-bond acceptors (Lipinski definition) is 2. The average molecular weight is 263 g/mol. The molecule has 1 unspecified atom stereocenters. The minimum absolute atomic E-state index is 0.209. The van der Waals surface area contributed by atoms with Crippen LogP contribution in [0.2, 0.25) is 0 Å². The Hall–Kier alpha value is -2.35. The van der Waals surface area contributed by atoms with Crippen LogP contribution in [0.3, 0.4) is 0 Å². The second-order valence-corrected chi connectivity index (χ2v) is 4.76. The third kappa shape index (κ3) is 2.97. The van der Waals surface area contributed by atoms with Gasteiger partial charge in [0.1, 0.15) is 5.75 Å². The maximum Gasteiger partial charge on any atom is 0.124 e. The fourth-order valence-corrected chi connectivity index (χ4v) is 2.35. The molecule has 1 heterocycles. The molecular formula is C18H17NO. The van der Waals surface area contributed by atoms with Gasteiger partial charge in [-0.05, 0) is 17.7 Å². The van der Waals surface area contributed by atoms with Gasteiger partial charge in [-0.2, -0.15) is 0 Å². The van der Waals surface area contributed by atoms with E-state index in [4.69, 9.17) is 4.74 Å². The normalized spacial score (nSPS) is 18.1. The number of hydrogen-bond donors (Lipinski definition) is 0. The predicted octanol–water partition coefficient (Wildman–Crippen LogP) is 4.29. The minimum atomic E-state index is 0.209. The summed E-state index contributed by atoms with van der Waals surface area (Å²) in [4.78, 5) is 4.65. The van der Waals surface area contributed by atoms with Crippen LogP contribution in [0.25, 0.3) is 6.08 Å². The molecule has 2 aromatic rings. The number of fused-ring (bicyclic) bond motifs is 1. The van der Waals surface area contributed by atoms with Crippen LogP contribution in [-0.4, -0.2) is 12.8 Å². The zero-order valence-electron chi connectivity index (χ0n) is 11.3. The summed E-state index contributed by atoms with van der Waals surface area (Å²) in [7, 11) is 0. The van der Waals surface area contributed by atoms with E-state index in [1.165, 1.54) is 11.1 Å². The quantitative estimate of drug-likeness (QED) is 0.757. The lowest BCUT2D eigenvalue weighted by Crippen LogP contribution is -2.12. The highest BCUT2D eigenvalue weighted by Crippen LogP contribution is 2.33. The van der Waals surface area contributed by atoms with Crippen molar-refractivity contribution in [1.29, 1.82) is 0 Å². The molecule has 100 valence electrons. The Balaban J connectivity index is 1.70. The second-order valence-electron chi connectivity index (χ2n) is 4.76. The Bertz CT molecular complexity index is 616. The predicted molar refractivity (Wildman–Crippen MR) is 83.3 cm³/mol. The first kappa shape index (κ1) is 12.7. The SMILES string of the molecule is C(=Cc1ccccc1)C=NC1CCOc2ccccc21. The molecule has 0 saturated heterocycles. The van der Waals surface area contributed by atoms with Crippen molar-refractivity contribution < 1.29 is 4.74 Å². The number of nitrogens with zero attached hydrogens (tertiary/aromatic N) is 1. The summed E-state index contributed by atoms with van der Waals surface area (Å²) < 4.78 is 5.64. The first-order valence-corrected chi connectivity index (χ1v) is 6.90. The molecule has 0 bridgehead atoms. The van der Waals surface area contributed by atoms with Crippen molar-refractivity contribution in [3.05, 3.63) is 71.8 Å². The molecule has 1 atom stereocenters. The largest absolute Gasteiger partial charge is 0.493 e. The number of allylic oxidation sites excluding steroid dienone is 1. The van der Waals surface area contributed by atoms with Gasteiger partial charge in [0.25, 0.3) is 0 Å². The lowest BCUT2D eigenvalue weighted by Gasteiger charge is -2.22. The smallest absolute Gasteiger partial charge is 0.124 e. The molecule has 3 rings (SSSR count). The maximum atomic E-state index is 5.64. The summed E-state index contributed by atoms with van der Waals surface area (Å²) in [5.74, 6) is 0.966. The average Bonchev–Trinajstić information content (AvgIpc) is 2.53. The molecule has 2 heteroatoms. The zero-order valence-corrected chi connectivity index (χ0v) is 11.3. The molecule has 0 aromatic heterocycles. The van der Waals surface area contributed by atoms with Crippen LogP contribution in [0.15, 0.2) is 65.7 Å². The van der Waals surface area contributed by atoms with E-state index < -0.39 is 0 Å². The summed E-state index contributed by atoms with van der Waals surface area (Å²) >= 11 is 0. The Morgan fingerprint density at radius 3 is 2.70 bits per heavy atom. The zero-order chi connectivity index (χ0) is 13.6. The maximum absolute atomic E-state index is 5.64. The van der Waals surface area contributed by atoms with Gasteiger partial charge in [0, 0.05) is 18.2 Å². The van der Waals surface area contributed by atoms with Gasteiger partial charge >= 0.3 is 0 Å². The van der Waals surface area contributed by atoms with Crippen LogP contribution in [-0.2, 0) is 0 Å². The van der Waals surface area contributed by atoms with E-state index in [0.29, 0.717) is 0 Å². The number of aliphatic imine (C=N–C) groups is 1. The number of benzene rings is 2. The number of para-hydroxylation sites is 1. The fraction of sp³-hybridized carbons (Fsp3) is 0.167. The summed E-state index contributed by atoms with van der Waals surface area (Å²) in [6.07, 6.45) is 6.88. The van der Waals surface area contributed by atoms with Gasteiger partial charge in [-0.3, -0.25) is 4.99 Å². The second kappa shape index (κ2) is 6.20. The Kier molecular flexibility index (Phi) is 3.93. The number of rotatable bonds is 3. The molecule has 0 amide bonds. The van der Waals surface area contributed by atoms with E-state index in [9.17, 15) is 0 Å². The monoisotopic (exact) mass is 263 g/mol. The topological polar surface area (TPSA) is 21.6 Å². The molecule has 0 fully saturated rings. The van der Waals surface area contributed by atoms with Crippen molar-refractivity contribution >= 4 is 12.3 Å². The van der Waals surface area contributed by atoms with Gasteiger partial charge in [0.15, 0.2) is 0 Å². The molecule has 2 aromatic carbocycles. The lowest BCUT2D eigenvalue weighted by molar-refractivity contribution is 0.270. The lowest BCUT2D eigenvalue weighted by atomic mass is 10.0. The van der Waals surface area contributed by atoms with Crippen LogP contribution in [0.4, 0.5) is 0 Å². The summed E-state index contributed by atoms with van der Waals surface area (Å²) in [5, 5.41) is 0. The van der Waals surface area contributed by atoms with E-state index in [-0.39, 0.29) is 6.04 Å². The van der Waals surface area contributed by atoms with Gasteiger partial charge in [0.05, 0.1) is 12.6 Å². The molecule has 2 nitrogen and oxygen atoms in total. The van der Waals surface area contributed by atoms with Crippen molar-refractivity contribution in [2.75, 3.05) is 6.61 Å². The van der Waals surface area contributed by atoms with Crippen molar-refractivity contribution in [2.24, 2.45) is 4.99 Å². The van der Waals surface area contributed by atoms with Crippen LogP contribution < -0.4 is 4.74 Å². The first-order chi connectivity index (χ1) is 9.93. The van der Waals surface area contributed by atoms with Crippen LogP contribution in [0.5, 0.6) is 5.75 Å². The van der Waals surface area contributed by atoms with E-state index >= 15 is 0 Å². The molecule has 0 N–H and O–H groups in total. The summed E-state index contributed by atoms with van der Waals surface area (Å²) in [6.45, 7) is 0.738. The van der Waals surface area contributed by atoms with Crippen LogP contribution >= 0.6 is 0 Å². The molecule has 0 saturated carbocycles. The van der Waals surface area contributed by atoms with Crippen molar-refractivity contribution in [3.63, 3.8) is 0 Å². The highest BCUT2D eigenvalue weighted by atomic mass is 16.5. The molecular weight excluding hydrogens is 246 g/mol. The molecule has 0 spiro atoms. The summed E-state index contributed by atoms with van der Waals surface area (Å²) in [6, 6.07) is 18.6. The van der Waals surface area contributed by atoms with E-state index in [2.05, 4.69) is 29.3 Å². The molecule has 1 aliphatic rings. The Morgan fingerprint density at radius 1 is 1.00 bits per heavy atom. The van der Waals surface area contributed by atoms with Crippen LogP contribution in [0.1, 0.15) is 23.6 Å². The molecule has 0 aliphatic carbocycles. The van der Waals surface area contributed by atoms with Gasteiger partial charge in [-0.1, -0.05) is 54.6 Å². The fourth-order valence-electron chi connectivity index (χ4n) is 2.35. The van der Waals surface area contributed by atoms with Crippen molar-refractivity contribution in [2.45, 2.75) is 12.5 Å². The van der Waals surface area contributed by atoms with Gasteiger partial charge in [-0.15, -0.1) is 0 Å². The molecule has 1 aliphatic heterocycles. The third-order valence-corrected chi connectivity index (χ3v) is 3.37. The third-order valence-electron chi connectivity index (χ3n) is 3.37.